The van der Waals surface area contributed by atoms with Gasteiger partial charge in [-0.25, -0.2) is 9.83 Å². The molecule has 11 aromatic rings. The zero-order chi connectivity index (χ0) is 33.6. The quantitative estimate of drug-likeness (QED) is 0.106. The molecule has 51 heavy (non-hydrogen) atoms. The van der Waals surface area contributed by atoms with Crippen molar-refractivity contribution >= 4 is 81.5 Å². The van der Waals surface area contributed by atoms with Gasteiger partial charge in [-0.1, -0.05) is 133 Å². The maximum Gasteiger partial charge on any atom is 0.195 e. The Labute approximate surface area is 293 Å². The van der Waals surface area contributed by atoms with E-state index in [1.807, 2.05) is 18.2 Å². The molecule has 0 aliphatic rings. The van der Waals surface area contributed by atoms with E-state index in [1.54, 1.807) is 0 Å². The van der Waals surface area contributed by atoms with Gasteiger partial charge in [0.2, 0.25) is 0 Å². The first kappa shape index (κ1) is 27.9. The summed E-state index contributed by atoms with van der Waals surface area (Å²) in [5, 5.41) is 12.9. The zero-order valence-corrected chi connectivity index (χ0v) is 27.4. The topological polar surface area (TPSA) is 22.2 Å². The lowest BCUT2D eigenvalue weighted by Crippen LogP contribution is -1.97. The number of hydrogen-bond acceptors (Lipinski definition) is 1. The highest BCUT2D eigenvalue weighted by Gasteiger charge is 2.24. The summed E-state index contributed by atoms with van der Waals surface area (Å²) in [5.74, 6) is 0.867. The van der Waals surface area contributed by atoms with Gasteiger partial charge >= 0.3 is 0 Å². The molecular weight excluding hydrogens is 619 g/mol. The monoisotopic (exact) mass is 645 g/mol. The molecule has 0 unspecified atom stereocenters. The third-order valence-electron chi connectivity index (χ3n) is 10.8. The molecule has 0 aliphatic heterocycles. The van der Waals surface area contributed by atoms with Crippen LogP contribution in [0.5, 0.6) is 0 Å². The highest BCUT2D eigenvalue weighted by Crippen LogP contribution is 2.49. The van der Waals surface area contributed by atoms with Gasteiger partial charge < -0.3 is 0 Å². The molecule has 9 aromatic carbocycles. The van der Waals surface area contributed by atoms with Gasteiger partial charge in [-0.05, 0) is 95.7 Å². The van der Waals surface area contributed by atoms with Gasteiger partial charge in [-0.2, -0.15) is 0 Å². The van der Waals surface area contributed by atoms with Gasteiger partial charge in [0.15, 0.2) is 5.69 Å². The molecule has 0 saturated carbocycles. The predicted octanol–water partition coefficient (Wildman–Crippen LogP) is 13.3. The molecule has 0 saturated heterocycles. The number of rotatable bonds is 3. The Kier molecular flexibility index (Phi) is 5.73. The second-order valence-electron chi connectivity index (χ2n) is 13.3. The van der Waals surface area contributed by atoms with Crippen LogP contribution in [0.3, 0.4) is 0 Å². The molecule has 0 aliphatic carbocycles. The minimum absolute atomic E-state index is 0.663. The summed E-state index contributed by atoms with van der Waals surface area (Å²) in [7, 11) is 0. The summed E-state index contributed by atoms with van der Waals surface area (Å²) in [6.45, 7) is 8.02. The maximum absolute atomic E-state index is 8.02. The Morgan fingerprint density at radius 1 is 0.412 bits per heavy atom. The van der Waals surface area contributed by atoms with Crippen LogP contribution in [0.25, 0.3) is 109 Å². The lowest BCUT2D eigenvalue weighted by atomic mass is 9.83. The van der Waals surface area contributed by atoms with E-state index >= 15 is 0 Å². The van der Waals surface area contributed by atoms with Gasteiger partial charge in [0, 0.05) is 16.2 Å². The lowest BCUT2D eigenvalue weighted by Gasteiger charge is -2.20. The predicted molar refractivity (Wildman–Crippen MR) is 214 cm³/mol. The number of benzene rings is 9. The van der Waals surface area contributed by atoms with Crippen molar-refractivity contribution in [2.75, 3.05) is 0 Å². The first-order chi connectivity index (χ1) is 25.3. The number of hydrogen-bond donors (Lipinski definition) is 0. The van der Waals surface area contributed by atoms with Crippen molar-refractivity contribution in [2.45, 2.75) is 0 Å². The van der Waals surface area contributed by atoms with E-state index in [9.17, 15) is 0 Å². The summed E-state index contributed by atoms with van der Waals surface area (Å²) >= 11 is 0. The zero-order valence-electron chi connectivity index (χ0n) is 27.4. The molecule has 0 fully saturated rings. The van der Waals surface area contributed by atoms with Crippen LogP contribution < -0.4 is 0 Å². The number of aromatic nitrogens is 2. The molecular formula is C48H27N3. The van der Waals surface area contributed by atoms with Crippen molar-refractivity contribution in [1.29, 1.82) is 0 Å². The van der Waals surface area contributed by atoms with Crippen molar-refractivity contribution in [3.8, 4) is 28.1 Å². The maximum atomic E-state index is 8.02. The summed E-state index contributed by atoms with van der Waals surface area (Å²) in [5.41, 5.74) is 8.66. The molecule has 2 aromatic heterocycles. The third-order valence-corrected chi connectivity index (χ3v) is 10.8. The van der Waals surface area contributed by atoms with Crippen molar-refractivity contribution in [2.24, 2.45) is 0 Å². The molecule has 0 atom stereocenters. The fraction of sp³-hybridized carbons (Fsp3) is 0. The van der Waals surface area contributed by atoms with Gasteiger partial charge in [0.1, 0.15) is 5.82 Å². The van der Waals surface area contributed by atoms with E-state index in [0.717, 1.165) is 43.9 Å². The molecule has 0 amide bonds. The highest BCUT2D eigenvalue weighted by molar-refractivity contribution is 6.31. The van der Waals surface area contributed by atoms with E-state index in [-0.39, 0.29) is 0 Å². The van der Waals surface area contributed by atoms with Crippen LogP contribution in [-0.4, -0.2) is 9.55 Å². The molecule has 0 bridgehead atoms. The standard InChI is InChI=1S/C48H27N3/c1-49-41-25-27-43-48-39(41)23-22-38-37(24-26-42(47(38)48)51(43)44-28-21-30-12-3-9-20-40(30)50-44)46-35-17-7-5-15-33(35)45(34-16-6-8-18-36(34)46)32-19-10-13-29-11-2-4-14-31(29)32/h2-28H. The van der Waals surface area contributed by atoms with Crippen LogP contribution >= 0.6 is 0 Å². The van der Waals surface area contributed by atoms with E-state index < -0.39 is 0 Å². The van der Waals surface area contributed by atoms with Crippen LogP contribution in [0, 0.1) is 6.57 Å². The smallest absolute Gasteiger partial charge is 0.195 e. The van der Waals surface area contributed by atoms with E-state index in [2.05, 4.69) is 155 Å². The first-order valence-electron chi connectivity index (χ1n) is 17.3. The van der Waals surface area contributed by atoms with Crippen LogP contribution in [-0.2, 0) is 0 Å². The fourth-order valence-electron chi connectivity index (χ4n) is 8.64. The Morgan fingerprint density at radius 2 is 0.961 bits per heavy atom. The summed E-state index contributed by atoms with van der Waals surface area (Å²) in [4.78, 5) is 9.09. The van der Waals surface area contributed by atoms with E-state index in [4.69, 9.17) is 11.6 Å². The van der Waals surface area contributed by atoms with Crippen molar-refractivity contribution in [1.82, 2.24) is 9.55 Å². The number of nitrogens with zero attached hydrogens (tertiary/aromatic N) is 3. The average molecular weight is 646 g/mol. The van der Waals surface area contributed by atoms with Gasteiger partial charge in [0.25, 0.3) is 0 Å². The lowest BCUT2D eigenvalue weighted by molar-refractivity contribution is 1.10. The highest BCUT2D eigenvalue weighted by atomic mass is 15.1. The Bertz CT molecular complexity index is 3210. The molecule has 3 nitrogen and oxygen atoms in total. The average Bonchev–Trinajstić information content (AvgIpc) is 3.54. The normalized spacial score (nSPS) is 11.9. The second-order valence-corrected chi connectivity index (χ2v) is 13.3. The summed E-state index contributed by atoms with van der Waals surface area (Å²) in [6.07, 6.45) is 0. The van der Waals surface area contributed by atoms with Crippen LogP contribution in [0.2, 0.25) is 0 Å². The Hall–Kier alpha value is -7.02. The van der Waals surface area contributed by atoms with E-state index in [1.165, 1.54) is 60.0 Å². The van der Waals surface area contributed by atoms with Crippen molar-refractivity contribution in [3.05, 3.63) is 175 Å². The molecule has 11 rings (SSSR count). The van der Waals surface area contributed by atoms with E-state index in [0.29, 0.717) is 5.69 Å². The summed E-state index contributed by atoms with van der Waals surface area (Å²) < 4.78 is 2.27. The minimum Gasteiger partial charge on any atom is -0.294 e. The SMILES string of the molecule is [C-]#[N+]c1ccc2c3c1ccc1c(-c4c5ccccc5c(-c5cccc6ccccc56)c5ccccc45)ccc(c13)n2-c1ccc2ccccc2n1. The van der Waals surface area contributed by atoms with Crippen molar-refractivity contribution in [3.63, 3.8) is 0 Å². The third kappa shape index (κ3) is 3.85. The Morgan fingerprint density at radius 3 is 1.67 bits per heavy atom. The molecule has 0 spiro atoms. The largest absolute Gasteiger partial charge is 0.294 e. The molecule has 0 N–H and O–H groups in total. The second kappa shape index (κ2) is 10.5. The molecule has 234 valence electrons. The number of fused-ring (bicyclic) bond motifs is 4. The first-order valence-corrected chi connectivity index (χ1v) is 17.3. The number of pyridine rings is 1. The molecule has 0 radical (unpaired) electrons. The van der Waals surface area contributed by atoms with Crippen LogP contribution in [0.4, 0.5) is 5.69 Å². The summed E-state index contributed by atoms with van der Waals surface area (Å²) in [6, 6.07) is 58.5. The fourth-order valence-corrected chi connectivity index (χ4v) is 8.64. The molecule has 2 heterocycles. The van der Waals surface area contributed by atoms with Gasteiger partial charge in [-0.3, -0.25) is 4.57 Å². The van der Waals surface area contributed by atoms with Crippen molar-refractivity contribution < 1.29 is 0 Å². The Balaban J connectivity index is 1.27. The number of para-hydroxylation sites is 1. The van der Waals surface area contributed by atoms with Gasteiger partial charge in [-0.15, -0.1) is 0 Å². The minimum atomic E-state index is 0.663. The van der Waals surface area contributed by atoms with Crippen LogP contribution in [0.1, 0.15) is 0 Å². The molecule has 3 heteroatoms. The van der Waals surface area contributed by atoms with Crippen LogP contribution in [0.15, 0.2) is 164 Å². The van der Waals surface area contributed by atoms with Gasteiger partial charge in [0.05, 0.1) is 23.1 Å².